The molecule has 0 aliphatic heterocycles. The van der Waals surface area contributed by atoms with Crippen LogP contribution in [-0.2, 0) is 25.1 Å². The van der Waals surface area contributed by atoms with E-state index in [1.807, 2.05) is 56.3 Å². The summed E-state index contributed by atoms with van der Waals surface area (Å²) in [5.41, 5.74) is 6.82. The Morgan fingerprint density at radius 3 is 2.29 bits per heavy atom. The number of hydrogen-bond acceptors (Lipinski definition) is 5. The molecule has 1 unspecified atom stereocenters. The lowest BCUT2D eigenvalue weighted by molar-refractivity contribution is -0.139. The molecule has 1 heterocycles. The number of ketones is 1. The number of nitrogens with zero attached hydrogens (tertiary/aromatic N) is 1. The van der Waals surface area contributed by atoms with Crippen molar-refractivity contribution in [3.63, 3.8) is 0 Å². The number of aliphatic carboxylic acids is 1. The van der Waals surface area contributed by atoms with Crippen molar-refractivity contribution in [3.05, 3.63) is 119 Å². The number of halogens is 1. The Bertz CT molecular complexity index is 1650. The summed E-state index contributed by atoms with van der Waals surface area (Å²) < 4.78 is 32.6. The SMILES string of the molecule is COP(=O)(C=Cc1c(-c2ccc(F)cc2)cc(-c2ccccc2Cc2ccccc2)nc1C(C)C)CC(=O)CC(=O)O. The largest absolute Gasteiger partial charge is 0.481 e. The minimum atomic E-state index is -3.65. The lowest BCUT2D eigenvalue weighted by Gasteiger charge is -2.19. The molecular weight excluding hydrogens is 552 g/mol. The lowest BCUT2D eigenvalue weighted by atomic mass is 9.91. The molecule has 6 nitrogen and oxygen atoms in total. The summed E-state index contributed by atoms with van der Waals surface area (Å²) >= 11 is 0. The highest BCUT2D eigenvalue weighted by Crippen LogP contribution is 2.49. The van der Waals surface area contributed by atoms with Crippen LogP contribution in [0.4, 0.5) is 4.39 Å². The second-order valence-corrected chi connectivity index (χ2v) is 12.8. The van der Waals surface area contributed by atoms with Crippen molar-refractivity contribution in [3.8, 4) is 22.4 Å². The van der Waals surface area contributed by atoms with Gasteiger partial charge in [0.2, 0.25) is 7.37 Å². The van der Waals surface area contributed by atoms with Crippen LogP contribution in [0.15, 0.2) is 90.7 Å². The molecule has 3 aromatic carbocycles. The number of carboxylic acids is 1. The van der Waals surface area contributed by atoms with Gasteiger partial charge in [-0.2, -0.15) is 0 Å². The predicted molar refractivity (Wildman–Crippen MR) is 164 cm³/mol. The number of carbonyl (C=O) groups excluding carboxylic acids is 1. The Balaban J connectivity index is 1.88. The summed E-state index contributed by atoms with van der Waals surface area (Å²) in [6.07, 6.45) is 1.06. The van der Waals surface area contributed by atoms with Gasteiger partial charge in [0.15, 0.2) is 5.78 Å². The van der Waals surface area contributed by atoms with Gasteiger partial charge in [-0.3, -0.25) is 19.1 Å². The van der Waals surface area contributed by atoms with Gasteiger partial charge >= 0.3 is 5.97 Å². The summed E-state index contributed by atoms with van der Waals surface area (Å²) in [4.78, 5) is 28.2. The van der Waals surface area contributed by atoms with E-state index in [9.17, 15) is 18.5 Å². The quantitative estimate of drug-likeness (QED) is 0.133. The number of carbonyl (C=O) groups is 2. The number of carboxylic acid groups (broad SMARTS) is 1. The van der Waals surface area contributed by atoms with Crippen LogP contribution in [0, 0.1) is 5.82 Å². The van der Waals surface area contributed by atoms with Crippen LogP contribution in [0.1, 0.15) is 48.6 Å². The fourth-order valence-corrected chi connectivity index (χ4v) is 6.11. The zero-order valence-corrected chi connectivity index (χ0v) is 24.7. The lowest BCUT2D eigenvalue weighted by Crippen LogP contribution is -2.11. The minimum Gasteiger partial charge on any atom is -0.481 e. The molecule has 216 valence electrons. The number of Topliss-reactive ketones (excluding diaryl/α,β-unsaturated/α-hetero) is 1. The Morgan fingerprint density at radius 2 is 1.64 bits per heavy atom. The zero-order chi connectivity index (χ0) is 30.3. The average molecular weight is 586 g/mol. The van der Waals surface area contributed by atoms with Crippen molar-refractivity contribution in [2.24, 2.45) is 0 Å². The summed E-state index contributed by atoms with van der Waals surface area (Å²) in [5.74, 6) is -1.07. The van der Waals surface area contributed by atoms with Gasteiger partial charge in [0.1, 0.15) is 12.2 Å². The van der Waals surface area contributed by atoms with Crippen molar-refractivity contribution >= 4 is 25.2 Å². The van der Waals surface area contributed by atoms with E-state index in [-0.39, 0.29) is 11.7 Å². The van der Waals surface area contributed by atoms with Gasteiger partial charge in [0.25, 0.3) is 0 Å². The molecule has 0 spiro atoms. The zero-order valence-electron chi connectivity index (χ0n) is 23.8. The molecule has 42 heavy (non-hydrogen) atoms. The second kappa shape index (κ2) is 13.6. The first-order valence-corrected chi connectivity index (χ1v) is 15.5. The maximum atomic E-state index is 13.9. The molecule has 0 saturated heterocycles. The first kappa shape index (κ1) is 30.8. The van der Waals surface area contributed by atoms with Gasteiger partial charge in [0, 0.05) is 24.1 Å². The van der Waals surface area contributed by atoms with E-state index in [2.05, 4.69) is 18.2 Å². The third kappa shape index (κ3) is 7.75. The molecule has 0 aliphatic rings. The third-order valence-corrected chi connectivity index (χ3v) is 8.86. The van der Waals surface area contributed by atoms with Crippen LogP contribution in [0.2, 0.25) is 0 Å². The Morgan fingerprint density at radius 1 is 0.976 bits per heavy atom. The molecule has 4 aromatic rings. The molecule has 0 radical (unpaired) electrons. The second-order valence-electron chi connectivity index (χ2n) is 10.3. The maximum absolute atomic E-state index is 13.9. The van der Waals surface area contributed by atoms with Gasteiger partial charge in [-0.25, -0.2) is 4.39 Å². The Labute approximate surface area is 245 Å². The average Bonchev–Trinajstić information content (AvgIpc) is 2.96. The van der Waals surface area contributed by atoms with Gasteiger partial charge < -0.3 is 9.63 Å². The van der Waals surface area contributed by atoms with Crippen molar-refractivity contribution in [1.82, 2.24) is 4.98 Å². The van der Waals surface area contributed by atoms with Gasteiger partial charge in [-0.15, -0.1) is 0 Å². The van der Waals surface area contributed by atoms with Crippen molar-refractivity contribution in [2.75, 3.05) is 13.3 Å². The van der Waals surface area contributed by atoms with E-state index in [4.69, 9.17) is 14.6 Å². The topological polar surface area (TPSA) is 93.6 Å². The van der Waals surface area contributed by atoms with Gasteiger partial charge in [0.05, 0.1) is 17.5 Å². The molecule has 0 bridgehead atoms. The molecule has 8 heteroatoms. The van der Waals surface area contributed by atoms with E-state index in [0.29, 0.717) is 12.0 Å². The van der Waals surface area contributed by atoms with Crippen molar-refractivity contribution in [1.29, 1.82) is 0 Å². The van der Waals surface area contributed by atoms with Crippen LogP contribution in [0.3, 0.4) is 0 Å². The summed E-state index contributed by atoms with van der Waals surface area (Å²) in [7, 11) is -2.41. The van der Waals surface area contributed by atoms with Crippen LogP contribution in [0.5, 0.6) is 0 Å². The van der Waals surface area contributed by atoms with Crippen molar-refractivity contribution in [2.45, 2.75) is 32.6 Å². The fourth-order valence-electron chi connectivity index (χ4n) is 4.77. The van der Waals surface area contributed by atoms with Crippen molar-refractivity contribution < 1.29 is 28.2 Å². The monoisotopic (exact) mass is 585 g/mol. The summed E-state index contributed by atoms with van der Waals surface area (Å²) in [5, 5.41) is 8.96. The standard InChI is InChI=1S/C34H33FNO5P/c1-23(2)34-30(17-18-42(40,41-3)22-28(37)20-33(38)39)31(25-13-15-27(35)16-14-25)21-32(36-34)29-12-8-7-11-26(29)19-24-9-5-4-6-10-24/h4-18,21,23H,19-20,22H2,1-3H3,(H,38,39). The molecule has 0 fully saturated rings. The number of aromatic nitrogens is 1. The van der Waals surface area contributed by atoms with E-state index in [1.54, 1.807) is 18.2 Å². The molecule has 0 amide bonds. The van der Waals surface area contributed by atoms with Crippen LogP contribution < -0.4 is 0 Å². The summed E-state index contributed by atoms with van der Waals surface area (Å²) in [6, 6.07) is 26.3. The summed E-state index contributed by atoms with van der Waals surface area (Å²) in [6.45, 7) is 4.00. The predicted octanol–water partition coefficient (Wildman–Crippen LogP) is 8.21. The van der Waals surface area contributed by atoms with E-state index in [0.717, 1.165) is 33.6 Å². The molecule has 0 aliphatic carbocycles. The maximum Gasteiger partial charge on any atom is 0.310 e. The molecule has 1 N–H and O–H groups in total. The highest BCUT2D eigenvalue weighted by molar-refractivity contribution is 7.63. The van der Waals surface area contributed by atoms with Crippen LogP contribution >= 0.6 is 7.37 Å². The molecular formula is C34H33FNO5P. The third-order valence-electron chi connectivity index (χ3n) is 6.84. The highest BCUT2D eigenvalue weighted by Gasteiger charge is 2.25. The number of pyridine rings is 1. The van der Waals surface area contributed by atoms with Crippen LogP contribution in [-0.4, -0.2) is 35.1 Å². The number of benzene rings is 3. The first-order chi connectivity index (χ1) is 20.1. The normalized spacial score (nSPS) is 12.9. The van der Waals surface area contributed by atoms with Gasteiger partial charge in [-0.1, -0.05) is 80.6 Å². The fraction of sp³-hybridized carbons (Fsp3) is 0.206. The number of hydrogen-bond donors (Lipinski definition) is 1. The number of rotatable bonds is 12. The van der Waals surface area contributed by atoms with E-state index in [1.165, 1.54) is 30.6 Å². The smallest absolute Gasteiger partial charge is 0.310 e. The van der Waals surface area contributed by atoms with E-state index < -0.39 is 31.7 Å². The molecule has 1 atom stereocenters. The molecule has 0 saturated carbocycles. The van der Waals surface area contributed by atoms with Crippen LogP contribution in [0.25, 0.3) is 28.5 Å². The highest BCUT2D eigenvalue weighted by atomic mass is 31.2. The molecule has 4 rings (SSSR count). The Hall–Kier alpha value is -4.19. The van der Waals surface area contributed by atoms with Gasteiger partial charge in [-0.05, 0) is 58.9 Å². The minimum absolute atomic E-state index is 0.0549. The van der Waals surface area contributed by atoms with E-state index >= 15 is 0 Å². The Kier molecular flexibility index (Phi) is 10.00. The molecule has 1 aromatic heterocycles. The first-order valence-electron chi connectivity index (χ1n) is 13.6.